The highest BCUT2D eigenvalue weighted by atomic mass is 32.1. The number of rotatable bonds is 2. The zero-order chi connectivity index (χ0) is 16.7. The molecule has 8 heteroatoms. The summed E-state index contributed by atoms with van der Waals surface area (Å²) in [6.45, 7) is 4.34. The van der Waals surface area contributed by atoms with Crippen LogP contribution >= 0.6 is 11.3 Å². The van der Waals surface area contributed by atoms with E-state index in [1.54, 1.807) is 6.92 Å². The molecule has 2 fully saturated rings. The number of aromatic nitrogens is 3. The molecule has 7 nitrogen and oxygen atoms in total. The lowest BCUT2D eigenvalue weighted by molar-refractivity contribution is -0.133. The van der Waals surface area contributed by atoms with Crippen LogP contribution in [0.1, 0.15) is 37.8 Å². The summed E-state index contributed by atoms with van der Waals surface area (Å²) in [5, 5.41) is 5.15. The van der Waals surface area contributed by atoms with Crippen molar-refractivity contribution in [3.8, 4) is 0 Å². The first-order valence-corrected chi connectivity index (χ1v) is 9.38. The third-order valence-electron chi connectivity index (χ3n) is 4.81. The molecule has 1 unspecified atom stereocenters. The topological polar surface area (TPSA) is 70.8 Å². The molecule has 0 saturated carbocycles. The number of hydrogen-bond acceptors (Lipinski definition) is 6. The second-order valence-corrected chi connectivity index (χ2v) is 7.49. The fourth-order valence-electron chi connectivity index (χ4n) is 3.60. The van der Waals surface area contributed by atoms with Gasteiger partial charge in [-0.2, -0.15) is 4.52 Å². The molecule has 0 N–H and O–H groups in total. The van der Waals surface area contributed by atoms with Crippen LogP contribution in [-0.2, 0) is 4.79 Å². The fourth-order valence-corrected chi connectivity index (χ4v) is 4.63. The van der Waals surface area contributed by atoms with Gasteiger partial charge < -0.3 is 9.80 Å². The molecule has 2 aliphatic rings. The number of carbonyl (C=O) groups excluding carboxylic acids is 1. The summed E-state index contributed by atoms with van der Waals surface area (Å²) in [6.07, 6.45) is 5.23. The van der Waals surface area contributed by atoms with Crippen LogP contribution in [0.5, 0.6) is 0 Å². The first kappa shape index (κ1) is 15.6. The summed E-state index contributed by atoms with van der Waals surface area (Å²) in [4.78, 5) is 34.0. The van der Waals surface area contributed by atoms with E-state index >= 15 is 0 Å². The molecule has 2 aliphatic heterocycles. The summed E-state index contributed by atoms with van der Waals surface area (Å²) in [6, 6.07) is 1.33. The second kappa shape index (κ2) is 6.16. The van der Waals surface area contributed by atoms with Gasteiger partial charge in [0.1, 0.15) is 6.04 Å². The average Bonchev–Trinajstić information content (AvgIpc) is 3.21. The lowest BCUT2D eigenvalue weighted by Gasteiger charge is -2.32. The van der Waals surface area contributed by atoms with Gasteiger partial charge in [-0.25, -0.2) is 4.98 Å². The Morgan fingerprint density at radius 3 is 2.79 bits per heavy atom. The van der Waals surface area contributed by atoms with Gasteiger partial charge in [0.15, 0.2) is 0 Å². The van der Waals surface area contributed by atoms with Gasteiger partial charge in [-0.1, -0.05) is 11.3 Å². The Bertz CT molecular complexity index is 823. The van der Waals surface area contributed by atoms with Crippen molar-refractivity contribution in [2.45, 2.75) is 45.1 Å². The molecule has 1 atom stereocenters. The molecule has 0 spiro atoms. The Morgan fingerprint density at radius 1 is 1.21 bits per heavy atom. The fraction of sp³-hybridized carbons (Fsp3) is 0.625. The maximum atomic E-state index is 12.9. The van der Waals surface area contributed by atoms with Gasteiger partial charge >= 0.3 is 0 Å². The third kappa shape index (κ3) is 2.68. The summed E-state index contributed by atoms with van der Waals surface area (Å²) >= 11 is 1.39. The van der Waals surface area contributed by atoms with E-state index in [-0.39, 0.29) is 17.5 Å². The van der Waals surface area contributed by atoms with Crippen molar-refractivity contribution >= 4 is 27.3 Å². The minimum Gasteiger partial charge on any atom is -0.341 e. The van der Waals surface area contributed by atoms with Crippen molar-refractivity contribution in [2.24, 2.45) is 0 Å². The Balaban J connectivity index is 1.64. The number of nitrogens with zero attached hydrogens (tertiary/aromatic N) is 5. The SMILES string of the molecule is Cc1cc(=O)n2nc(N3CCCC3C(=O)N3CCCCC3)sc2n1. The van der Waals surface area contributed by atoms with E-state index in [4.69, 9.17) is 0 Å². The molecule has 0 aliphatic carbocycles. The number of aryl methyl sites for hydroxylation is 1. The summed E-state index contributed by atoms with van der Waals surface area (Å²) in [7, 11) is 0. The molecule has 24 heavy (non-hydrogen) atoms. The van der Waals surface area contributed by atoms with E-state index in [1.807, 2.05) is 4.90 Å². The summed E-state index contributed by atoms with van der Waals surface area (Å²) in [5.41, 5.74) is 0.524. The monoisotopic (exact) mass is 347 g/mol. The van der Waals surface area contributed by atoms with Crippen molar-refractivity contribution in [2.75, 3.05) is 24.5 Å². The van der Waals surface area contributed by atoms with Crippen molar-refractivity contribution in [1.82, 2.24) is 19.5 Å². The highest BCUT2D eigenvalue weighted by Crippen LogP contribution is 2.30. The van der Waals surface area contributed by atoms with E-state index in [0.717, 1.165) is 50.4 Å². The molecule has 2 aromatic rings. The largest absolute Gasteiger partial charge is 0.341 e. The first-order chi connectivity index (χ1) is 11.6. The zero-order valence-corrected chi connectivity index (χ0v) is 14.6. The Labute approximate surface area is 143 Å². The number of hydrogen-bond donors (Lipinski definition) is 0. The van der Waals surface area contributed by atoms with E-state index in [0.29, 0.717) is 10.7 Å². The average molecular weight is 347 g/mol. The molecule has 4 heterocycles. The summed E-state index contributed by atoms with van der Waals surface area (Å²) < 4.78 is 1.34. The van der Waals surface area contributed by atoms with Crippen LogP contribution in [0.25, 0.3) is 4.96 Å². The highest BCUT2D eigenvalue weighted by Gasteiger charge is 2.36. The van der Waals surface area contributed by atoms with Crippen LogP contribution < -0.4 is 10.5 Å². The van der Waals surface area contributed by atoms with Gasteiger partial charge in [0, 0.05) is 31.4 Å². The Kier molecular flexibility index (Phi) is 3.99. The van der Waals surface area contributed by atoms with Crippen molar-refractivity contribution in [3.63, 3.8) is 0 Å². The van der Waals surface area contributed by atoms with Gasteiger partial charge in [-0.15, -0.1) is 5.10 Å². The van der Waals surface area contributed by atoms with Crippen LogP contribution in [0.4, 0.5) is 5.13 Å². The Hall–Kier alpha value is -1.96. The minimum absolute atomic E-state index is 0.152. The predicted molar refractivity (Wildman–Crippen MR) is 92.7 cm³/mol. The van der Waals surface area contributed by atoms with Gasteiger partial charge in [0.05, 0.1) is 0 Å². The molecule has 2 saturated heterocycles. The number of anilines is 1. The molecule has 0 bridgehead atoms. The molecule has 1 amide bonds. The van der Waals surface area contributed by atoms with Crippen LogP contribution in [-0.4, -0.2) is 51.1 Å². The predicted octanol–water partition coefficient (Wildman–Crippen LogP) is 1.44. The third-order valence-corrected chi connectivity index (χ3v) is 5.76. The van der Waals surface area contributed by atoms with Gasteiger partial charge in [0.25, 0.3) is 5.56 Å². The van der Waals surface area contributed by atoms with Crippen molar-refractivity contribution in [3.05, 3.63) is 22.1 Å². The van der Waals surface area contributed by atoms with Crippen LogP contribution in [0.2, 0.25) is 0 Å². The van der Waals surface area contributed by atoms with Gasteiger partial charge in [-0.05, 0) is 39.0 Å². The maximum Gasteiger partial charge on any atom is 0.275 e. The molecule has 0 aromatic carbocycles. The molecule has 0 radical (unpaired) electrons. The number of piperidine rings is 1. The number of carbonyl (C=O) groups is 1. The van der Waals surface area contributed by atoms with E-state index in [1.165, 1.54) is 28.3 Å². The van der Waals surface area contributed by atoms with Crippen LogP contribution in [0.15, 0.2) is 10.9 Å². The van der Waals surface area contributed by atoms with Crippen LogP contribution in [0, 0.1) is 6.92 Å². The quantitative estimate of drug-likeness (QED) is 0.822. The van der Waals surface area contributed by atoms with E-state index in [2.05, 4.69) is 15.0 Å². The van der Waals surface area contributed by atoms with Gasteiger partial charge in [-0.3, -0.25) is 9.59 Å². The van der Waals surface area contributed by atoms with Crippen LogP contribution in [0.3, 0.4) is 0 Å². The smallest absolute Gasteiger partial charge is 0.275 e. The molecular weight excluding hydrogens is 326 g/mol. The van der Waals surface area contributed by atoms with Gasteiger partial charge in [0.2, 0.25) is 16.0 Å². The van der Waals surface area contributed by atoms with Crippen molar-refractivity contribution < 1.29 is 4.79 Å². The second-order valence-electron chi connectivity index (χ2n) is 6.55. The molecule has 2 aromatic heterocycles. The Morgan fingerprint density at radius 2 is 2.00 bits per heavy atom. The molecule has 128 valence electrons. The molecule has 4 rings (SSSR count). The summed E-state index contributed by atoms with van der Waals surface area (Å²) in [5.74, 6) is 0.211. The number of amides is 1. The van der Waals surface area contributed by atoms with E-state index in [9.17, 15) is 9.59 Å². The van der Waals surface area contributed by atoms with Crippen molar-refractivity contribution in [1.29, 1.82) is 0 Å². The first-order valence-electron chi connectivity index (χ1n) is 8.56. The lowest BCUT2D eigenvalue weighted by atomic mass is 10.1. The number of likely N-dealkylation sites (tertiary alicyclic amines) is 1. The standard InChI is InChI=1S/C16H21N5O2S/c1-11-10-13(22)21-15(17-11)24-16(18-21)20-9-5-6-12(20)14(23)19-7-3-2-4-8-19/h10,12H,2-9H2,1H3. The molecular formula is C16H21N5O2S. The van der Waals surface area contributed by atoms with E-state index < -0.39 is 0 Å². The number of fused-ring (bicyclic) bond motifs is 1. The maximum absolute atomic E-state index is 12.9. The lowest BCUT2D eigenvalue weighted by Crippen LogP contribution is -2.47. The normalized spacial score (nSPS) is 21.6. The minimum atomic E-state index is -0.168. The zero-order valence-electron chi connectivity index (χ0n) is 13.8. The highest BCUT2D eigenvalue weighted by molar-refractivity contribution is 7.20.